The molecule has 0 saturated carbocycles. The zero-order chi connectivity index (χ0) is 19.3. The van der Waals surface area contributed by atoms with Crippen molar-refractivity contribution in [1.29, 1.82) is 0 Å². The normalized spacial score (nSPS) is 11.5. The summed E-state index contributed by atoms with van der Waals surface area (Å²) >= 11 is 12.1. The second-order valence-corrected chi connectivity index (χ2v) is 8.89. The van der Waals surface area contributed by atoms with E-state index in [0.717, 1.165) is 29.7 Å². The number of aryl methyl sites for hydroxylation is 1. The van der Waals surface area contributed by atoms with Crippen molar-refractivity contribution in [3.63, 3.8) is 0 Å². The van der Waals surface area contributed by atoms with Gasteiger partial charge in [0.2, 0.25) is 10.0 Å². The van der Waals surface area contributed by atoms with Crippen LogP contribution in [0.1, 0.15) is 53.5 Å². The molecule has 142 valence electrons. The van der Waals surface area contributed by atoms with Crippen molar-refractivity contribution >= 4 is 39.1 Å². The second kappa shape index (κ2) is 8.93. The Morgan fingerprint density at radius 1 is 1.15 bits per heavy atom. The van der Waals surface area contributed by atoms with Crippen LogP contribution >= 0.6 is 23.2 Å². The largest absolute Gasteiger partial charge is 0.354 e. The average Bonchev–Trinajstić information content (AvgIpc) is 2.91. The fraction of sp³-hybridized carbons (Fsp3) is 0.389. The SMILES string of the molecule is CCCCCS(=O)(=O)NC(=O)c1cc(Cc2ccc(Cl)cc2Cl)c(C)[nH]1. The Morgan fingerprint density at radius 3 is 2.54 bits per heavy atom. The fourth-order valence-corrected chi connectivity index (χ4v) is 4.12. The van der Waals surface area contributed by atoms with Crippen LogP contribution in [-0.2, 0) is 16.4 Å². The van der Waals surface area contributed by atoms with Gasteiger partial charge < -0.3 is 4.98 Å². The average molecular weight is 417 g/mol. The van der Waals surface area contributed by atoms with E-state index in [1.54, 1.807) is 18.2 Å². The molecule has 1 heterocycles. The Morgan fingerprint density at radius 2 is 1.88 bits per heavy atom. The number of carbonyl (C=O) groups is 1. The Balaban J connectivity index is 2.10. The Bertz CT molecular complexity index is 892. The zero-order valence-electron chi connectivity index (χ0n) is 14.7. The molecule has 8 heteroatoms. The number of sulfonamides is 1. The molecule has 0 atom stereocenters. The second-order valence-electron chi connectivity index (χ2n) is 6.20. The summed E-state index contributed by atoms with van der Waals surface area (Å²) in [5.41, 5.74) is 2.73. The molecule has 1 amide bonds. The topological polar surface area (TPSA) is 79.0 Å². The summed E-state index contributed by atoms with van der Waals surface area (Å²) in [5.74, 6) is -0.711. The first kappa shape index (κ1) is 20.8. The van der Waals surface area contributed by atoms with E-state index < -0.39 is 15.9 Å². The highest BCUT2D eigenvalue weighted by Gasteiger charge is 2.18. The lowest BCUT2D eigenvalue weighted by molar-refractivity contribution is 0.0977. The van der Waals surface area contributed by atoms with Gasteiger partial charge in [0, 0.05) is 22.2 Å². The molecular weight excluding hydrogens is 395 g/mol. The van der Waals surface area contributed by atoms with Crippen molar-refractivity contribution in [3.05, 3.63) is 56.8 Å². The van der Waals surface area contributed by atoms with Gasteiger partial charge in [-0.15, -0.1) is 0 Å². The molecule has 2 rings (SSSR count). The van der Waals surface area contributed by atoms with Gasteiger partial charge in [0.15, 0.2) is 0 Å². The highest BCUT2D eigenvalue weighted by atomic mass is 35.5. The summed E-state index contributed by atoms with van der Waals surface area (Å²) in [4.78, 5) is 15.2. The van der Waals surface area contributed by atoms with Crippen molar-refractivity contribution in [2.45, 2.75) is 39.5 Å². The third kappa shape index (κ3) is 5.76. The summed E-state index contributed by atoms with van der Waals surface area (Å²) < 4.78 is 26.1. The molecule has 0 aliphatic rings. The molecule has 0 saturated heterocycles. The van der Waals surface area contributed by atoms with E-state index in [-0.39, 0.29) is 11.4 Å². The number of H-pyrrole nitrogens is 1. The first-order chi connectivity index (χ1) is 12.2. The van der Waals surface area contributed by atoms with Gasteiger partial charge in [-0.05, 0) is 42.7 Å². The van der Waals surface area contributed by atoms with E-state index in [1.165, 1.54) is 0 Å². The number of halogens is 2. The van der Waals surface area contributed by atoms with E-state index in [1.807, 2.05) is 19.9 Å². The number of aromatic amines is 1. The van der Waals surface area contributed by atoms with E-state index in [4.69, 9.17) is 23.2 Å². The van der Waals surface area contributed by atoms with Crippen LogP contribution in [0.3, 0.4) is 0 Å². The number of amides is 1. The van der Waals surface area contributed by atoms with E-state index in [9.17, 15) is 13.2 Å². The molecule has 26 heavy (non-hydrogen) atoms. The molecule has 0 radical (unpaired) electrons. The molecule has 0 spiro atoms. The van der Waals surface area contributed by atoms with Gasteiger partial charge in [0.1, 0.15) is 5.69 Å². The molecule has 2 N–H and O–H groups in total. The van der Waals surface area contributed by atoms with Gasteiger partial charge in [-0.3, -0.25) is 4.79 Å². The number of carbonyl (C=O) groups excluding carboxylic acids is 1. The van der Waals surface area contributed by atoms with E-state index in [0.29, 0.717) is 22.9 Å². The van der Waals surface area contributed by atoms with Crippen molar-refractivity contribution in [2.75, 3.05) is 5.75 Å². The van der Waals surface area contributed by atoms with Crippen molar-refractivity contribution < 1.29 is 13.2 Å². The maximum Gasteiger partial charge on any atom is 0.281 e. The minimum atomic E-state index is -3.63. The molecule has 0 aliphatic heterocycles. The molecule has 0 unspecified atom stereocenters. The number of rotatable bonds is 8. The summed E-state index contributed by atoms with van der Waals surface area (Å²) in [7, 11) is -3.63. The molecule has 1 aromatic carbocycles. The maximum atomic E-state index is 12.3. The van der Waals surface area contributed by atoms with Crippen LogP contribution in [0.15, 0.2) is 24.3 Å². The van der Waals surface area contributed by atoms with Gasteiger partial charge in [-0.25, -0.2) is 13.1 Å². The summed E-state index contributed by atoms with van der Waals surface area (Å²) in [6.45, 7) is 3.81. The number of benzene rings is 1. The third-order valence-corrected chi connectivity index (χ3v) is 5.94. The first-order valence-corrected chi connectivity index (χ1v) is 10.8. The van der Waals surface area contributed by atoms with Gasteiger partial charge >= 0.3 is 0 Å². The number of aromatic nitrogens is 1. The van der Waals surface area contributed by atoms with Crippen LogP contribution in [0.2, 0.25) is 10.0 Å². The van der Waals surface area contributed by atoms with Crippen LogP contribution in [-0.4, -0.2) is 25.1 Å². The quantitative estimate of drug-likeness (QED) is 0.622. The fourth-order valence-electron chi connectivity index (χ4n) is 2.57. The molecule has 0 aliphatic carbocycles. The molecule has 5 nitrogen and oxygen atoms in total. The minimum Gasteiger partial charge on any atom is -0.354 e. The lowest BCUT2D eigenvalue weighted by Crippen LogP contribution is -2.32. The van der Waals surface area contributed by atoms with Crippen molar-refractivity contribution in [1.82, 2.24) is 9.71 Å². The smallest absolute Gasteiger partial charge is 0.281 e. The van der Waals surface area contributed by atoms with Crippen molar-refractivity contribution in [2.24, 2.45) is 0 Å². The highest BCUT2D eigenvalue weighted by Crippen LogP contribution is 2.25. The van der Waals surface area contributed by atoms with Crippen LogP contribution < -0.4 is 4.72 Å². The standard InChI is InChI=1S/C18H22Cl2N2O3S/c1-3-4-5-8-26(24,25)22-18(23)17-10-14(12(2)21-17)9-13-6-7-15(19)11-16(13)20/h6-7,10-11,21H,3-5,8-9H2,1-2H3,(H,22,23). The maximum absolute atomic E-state index is 12.3. The summed E-state index contributed by atoms with van der Waals surface area (Å²) in [5, 5.41) is 1.10. The van der Waals surface area contributed by atoms with Crippen molar-refractivity contribution in [3.8, 4) is 0 Å². The van der Waals surface area contributed by atoms with Gasteiger partial charge in [0.05, 0.1) is 5.75 Å². The van der Waals surface area contributed by atoms with Gasteiger partial charge in [-0.2, -0.15) is 0 Å². The summed E-state index contributed by atoms with van der Waals surface area (Å²) in [6, 6.07) is 6.89. The number of nitrogens with one attached hydrogen (secondary N) is 2. The van der Waals surface area contributed by atoms with E-state index >= 15 is 0 Å². The van der Waals surface area contributed by atoms with Crippen LogP contribution in [0.4, 0.5) is 0 Å². The number of hydrogen-bond donors (Lipinski definition) is 2. The molecule has 0 bridgehead atoms. The third-order valence-electron chi connectivity index (χ3n) is 4.03. The highest BCUT2D eigenvalue weighted by molar-refractivity contribution is 7.90. The van der Waals surface area contributed by atoms with Crippen LogP contribution in [0.5, 0.6) is 0 Å². The molecule has 0 fully saturated rings. The van der Waals surface area contributed by atoms with Crippen LogP contribution in [0.25, 0.3) is 0 Å². The zero-order valence-corrected chi connectivity index (χ0v) is 17.1. The predicted octanol–water partition coefficient (Wildman–Crippen LogP) is 4.47. The minimum absolute atomic E-state index is 0.0560. The van der Waals surface area contributed by atoms with E-state index in [2.05, 4.69) is 9.71 Å². The first-order valence-electron chi connectivity index (χ1n) is 8.39. The van der Waals surface area contributed by atoms with Crippen LogP contribution in [0, 0.1) is 6.92 Å². The monoisotopic (exact) mass is 416 g/mol. The van der Waals surface area contributed by atoms with Gasteiger partial charge in [0.25, 0.3) is 5.91 Å². The van der Waals surface area contributed by atoms with Gasteiger partial charge in [-0.1, -0.05) is 49.0 Å². The Hall–Kier alpha value is -1.50. The molecule has 2 aromatic rings. The Labute approximate surface area is 164 Å². The molecular formula is C18H22Cl2N2O3S. The summed E-state index contributed by atoms with van der Waals surface area (Å²) in [6.07, 6.45) is 2.76. The predicted molar refractivity (Wildman–Crippen MR) is 106 cm³/mol. The lowest BCUT2D eigenvalue weighted by Gasteiger charge is -2.05. The number of unbranched alkanes of at least 4 members (excludes halogenated alkanes) is 2. The lowest BCUT2D eigenvalue weighted by atomic mass is 10.1. The molecule has 1 aromatic heterocycles. The Kier molecular flexibility index (Phi) is 7.15. The number of hydrogen-bond acceptors (Lipinski definition) is 3.